The summed E-state index contributed by atoms with van der Waals surface area (Å²) in [6.07, 6.45) is 0. The van der Waals surface area contributed by atoms with Gasteiger partial charge in [0.1, 0.15) is 5.69 Å². The molecule has 84 valence electrons. The van der Waals surface area contributed by atoms with Gasteiger partial charge in [0.2, 0.25) is 11.4 Å². The first kappa shape index (κ1) is 10.5. The predicted octanol–water partition coefficient (Wildman–Crippen LogP) is 1.74. The molecule has 0 amide bonds. The van der Waals surface area contributed by atoms with Crippen LogP contribution in [0, 0.1) is 0 Å². The number of nitrogen functional groups attached to an aromatic ring is 1. The van der Waals surface area contributed by atoms with Crippen molar-refractivity contribution in [3.63, 3.8) is 0 Å². The van der Waals surface area contributed by atoms with Crippen molar-refractivity contribution in [1.29, 1.82) is 0 Å². The van der Waals surface area contributed by atoms with Crippen molar-refractivity contribution >= 4 is 5.88 Å². The lowest BCUT2D eigenvalue weighted by Gasteiger charge is -2.04. The van der Waals surface area contributed by atoms with Gasteiger partial charge < -0.3 is 15.2 Å². The molecule has 0 spiro atoms. The van der Waals surface area contributed by atoms with E-state index in [1.807, 2.05) is 13.8 Å². The number of nitrogens with one attached hydrogen (secondary N) is 1. The minimum atomic E-state index is -0.172. The number of rotatable bonds is 2. The number of aromatic nitrogens is 2. The van der Waals surface area contributed by atoms with Gasteiger partial charge in [-0.3, -0.25) is 4.79 Å². The molecule has 2 heterocycles. The van der Waals surface area contributed by atoms with Gasteiger partial charge in [-0.05, 0) is 12.0 Å². The number of anilines is 1. The smallest absolute Gasteiger partial charge is 0.248 e. The van der Waals surface area contributed by atoms with Crippen LogP contribution in [-0.2, 0) is 0 Å². The van der Waals surface area contributed by atoms with Gasteiger partial charge in [0.25, 0.3) is 0 Å². The summed E-state index contributed by atoms with van der Waals surface area (Å²) < 4.78 is 4.96. The molecule has 0 radical (unpaired) electrons. The number of nitrogens with zero attached hydrogens (tertiary/aromatic N) is 1. The molecule has 0 unspecified atom stereocenters. The molecule has 2 rings (SSSR count). The molecule has 0 saturated carbocycles. The Morgan fingerprint density at radius 1 is 1.44 bits per heavy atom. The van der Waals surface area contributed by atoms with E-state index in [1.54, 1.807) is 12.1 Å². The second-order valence-corrected chi connectivity index (χ2v) is 3.89. The van der Waals surface area contributed by atoms with Gasteiger partial charge in [0.05, 0.1) is 5.69 Å². The number of nitrogens with two attached hydrogens (primary N) is 1. The third-order valence-corrected chi connectivity index (χ3v) is 2.36. The Morgan fingerprint density at radius 2 is 2.19 bits per heavy atom. The number of pyridine rings is 1. The Bertz CT molecular complexity index is 554. The van der Waals surface area contributed by atoms with E-state index in [1.165, 1.54) is 6.07 Å². The highest BCUT2D eigenvalue weighted by molar-refractivity contribution is 5.64. The van der Waals surface area contributed by atoms with Crippen LogP contribution in [-0.4, -0.2) is 10.1 Å². The number of aromatic amines is 1. The van der Waals surface area contributed by atoms with E-state index < -0.39 is 0 Å². The van der Waals surface area contributed by atoms with Crippen LogP contribution in [0.2, 0.25) is 0 Å². The van der Waals surface area contributed by atoms with Crippen molar-refractivity contribution in [1.82, 2.24) is 10.1 Å². The van der Waals surface area contributed by atoms with E-state index in [2.05, 4.69) is 10.1 Å². The van der Waals surface area contributed by atoms with Crippen LogP contribution < -0.4 is 11.3 Å². The molecule has 0 atom stereocenters. The SMILES string of the molecule is CC(C)c1c(-c2cccc(=O)[nH]2)noc1N. The van der Waals surface area contributed by atoms with E-state index in [-0.39, 0.29) is 11.5 Å². The lowest BCUT2D eigenvalue weighted by atomic mass is 10.0. The molecule has 0 aromatic carbocycles. The lowest BCUT2D eigenvalue weighted by Crippen LogP contribution is -2.05. The summed E-state index contributed by atoms with van der Waals surface area (Å²) in [5, 5.41) is 3.88. The monoisotopic (exact) mass is 219 g/mol. The second kappa shape index (κ2) is 3.84. The Labute approximate surface area is 92.3 Å². The molecule has 0 bridgehead atoms. The van der Waals surface area contributed by atoms with Crippen molar-refractivity contribution in [2.24, 2.45) is 0 Å². The van der Waals surface area contributed by atoms with E-state index in [0.717, 1.165) is 5.56 Å². The first-order valence-corrected chi connectivity index (χ1v) is 5.04. The Hall–Kier alpha value is -2.04. The molecule has 2 aromatic heterocycles. The van der Waals surface area contributed by atoms with Gasteiger partial charge in [-0.1, -0.05) is 25.1 Å². The molecule has 16 heavy (non-hydrogen) atoms. The van der Waals surface area contributed by atoms with Gasteiger partial charge in [0.15, 0.2) is 0 Å². The van der Waals surface area contributed by atoms with Crippen molar-refractivity contribution in [2.45, 2.75) is 19.8 Å². The lowest BCUT2D eigenvalue weighted by molar-refractivity contribution is 0.438. The highest BCUT2D eigenvalue weighted by Gasteiger charge is 2.18. The average Bonchev–Trinajstić information content (AvgIpc) is 2.60. The van der Waals surface area contributed by atoms with Gasteiger partial charge in [-0.2, -0.15) is 0 Å². The van der Waals surface area contributed by atoms with Gasteiger partial charge >= 0.3 is 0 Å². The predicted molar refractivity (Wildman–Crippen MR) is 61.1 cm³/mol. The number of hydrogen-bond acceptors (Lipinski definition) is 4. The molecule has 2 aromatic rings. The number of hydrogen-bond donors (Lipinski definition) is 2. The summed E-state index contributed by atoms with van der Waals surface area (Å²) >= 11 is 0. The van der Waals surface area contributed by atoms with Crippen LogP contribution in [0.3, 0.4) is 0 Å². The Balaban J connectivity index is 2.60. The fraction of sp³-hybridized carbons (Fsp3) is 0.273. The molecule has 0 aliphatic rings. The summed E-state index contributed by atoms with van der Waals surface area (Å²) in [4.78, 5) is 13.9. The van der Waals surface area contributed by atoms with Crippen LogP contribution in [0.15, 0.2) is 27.5 Å². The maximum absolute atomic E-state index is 11.2. The third kappa shape index (κ3) is 1.71. The summed E-state index contributed by atoms with van der Waals surface area (Å²) in [5.74, 6) is 0.486. The van der Waals surface area contributed by atoms with Gasteiger partial charge in [-0.25, -0.2) is 0 Å². The highest BCUT2D eigenvalue weighted by atomic mass is 16.5. The standard InChI is InChI=1S/C11H13N3O2/c1-6(2)9-10(14-16-11(9)12)7-4-3-5-8(15)13-7/h3-6H,12H2,1-2H3,(H,13,15). The molecular weight excluding hydrogens is 206 g/mol. The fourth-order valence-corrected chi connectivity index (χ4v) is 1.65. The van der Waals surface area contributed by atoms with Crippen molar-refractivity contribution in [2.75, 3.05) is 5.73 Å². The molecule has 0 saturated heterocycles. The Kier molecular flexibility index (Phi) is 2.52. The maximum atomic E-state index is 11.2. The molecular formula is C11H13N3O2. The second-order valence-electron chi connectivity index (χ2n) is 3.89. The zero-order chi connectivity index (χ0) is 11.7. The van der Waals surface area contributed by atoms with Crippen LogP contribution >= 0.6 is 0 Å². The maximum Gasteiger partial charge on any atom is 0.248 e. The summed E-state index contributed by atoms with van der Waals surface area (Å²) in [6.45, 7) is 3.99. The van der Waals surface area contributed by atoms with Crippen molar-refractivity contribution in [3.05, 3.63) is 34.1 Å². The summed E-state index contributed by atoms with van der Waals surface area (Å²) in [7, 11) is 0. The van der Waals surface area contributed by atoms with Crippen LogP contribution in [0.1, 0.15) is 25.3 Å². The minimum Gasteiger partial charge on any atom is -0.367 e. The van der Waals surface area contributed by atoms with E-state index >= 15 is 0 Å². The van der Waals surface area contributed by atoms with Crippen LogP contribution in [0.5, 0.6) is 0 Å². The quantitative estimate of drug-likeness (QED) is 0.805. The summed E-state index contributed by atoms with van der Waals surface area (Å²) in [5.41, 5.74) is 7.57. The molecule has 5 nitrogen and oxygen atoms in total. The molecule has 5 heteroatoms. The first-order chi connectivity index (χ1) is 7.59. The minimum absolute atomic E-state index is 0.172. The van der Waals surface area contributed by atoms with E-state index in [4.69, 9.17) is 10.3 Å². The Morgan fingerprint density at radius 3 is 2.81 bits per heavy atom. The van der Waals surface area contributed by atoms with Crippen molar-refractivity contribution in [3.8, 4) is 11.4 Å². The molecule has 3 N–H and O–H groups in total. The van der Waals surface area contributed by atoms with Crippen LogP contribution in [0.25, 0.3) is 11.4 Å². The zero-order valence-electron chi connectivity index (χ0n) is 9.15. The molecule has 0 aliphatic carbocycles. The molecule has 0 aliphatic heterocycles. The van der Waals surface area contributed by atoms with E-state index in [0.29, 0.717) is 17.3 Å². The van der Waals surface area contributed by atoms with Crippen molar-refractivity contribution < 1.29 is 4.52 Å². The van der Waals surface area contributed by atoms with Crippen LogP contribution in [0.4, 0.5) is 5.88 Å². The first-order valence-electron chi connectivity index (χ1n) is 5.04. The average molecular weight is 219 g/mol. The summed E-state index contributed by atoms with van der Waals surface area (Å²) in [6, 6.07) is 4.88. The molecule has 0 fully saturated rings. The van der Waals surface area contributed by atoms with E-state index in [9.17, 15) is 4.79 Å². The van der Waals surface area contributed by atoms with Gasteiger partial charge in [-0.15, -0.1) is 0 Å². The largest absolute Gasteiger partial charge is 0.367 e. The zero-order valence-corrected chi connectivity index (χ0v) is 9.15. The fourth-order valence-electron chi connectivity index (χ4n) is 1.65. The van der Waals surface area contributed by atoms with Gasteiger partial charge in [0, 0.05) is 11.6 Å². The normalized spacial score (nSPS) is 10.9. The highest BCUT2D eigenvalue weighted by Crippen LogP contribution is 2.31. The topological polar surface area (TPSA) is 84.9 Å². The number of H-pyrrole nitrogens is 1. The third-order valence-electron chi connectivity index (χ3n) is 2.36.